The van der Waals surface area contributed by atoms with E-state index in [0.717, 1.165) is 6.42 Å². The number of aromatic nitrogens is 1. The van der Waals surface area contributed by atoms with Gasteiger partial charge < -0.3 is 5.32 Å². The van der Waals surface area contributed by atoms with Gasteiger partial charge in [-0.25, -0.2) is 0 Å². The minimum absolute atomic E-state index is 0.234. The molecule has 1 atom stereocenters. The van der Waals surface area contributed by atoms with E-state index in [0.29, 0.717) is 0 Å². The average molecular weight is 254 g/mol. The molecular formula is C17H22N2. The summed E-state index contributed by atoms with van der Waals surface area (Å²) in [5, 5.41) is 3.45. The number of aryl methyl sites for hydroxylation is 2. The molecule has 0 fully saturated rings. The van der Waals surface area contributed by atoms with Crippen LogP contribution in [-0.4, -0.2) is 12.0 Å². The van der Waals surface area contributed by atoms with Crippen LogP contribution >= 0.6 is 0 Å². The summed E-state index contributed by atoms with van der Waals surface area (Å²) in [6, 6.07) is 8.87. The molecule has 1 aromatic heterocycles. The van der Waals surface area contributed by atoms with Gasteiger partial charge in [0.15, 0.2) is 0 Å². The van der Waals surface area contributed by atoms with E-state index in [9.17, 15) is 0 Å². The van der Waals surface area contributed by atoms with Gasteiger partial charge in [0.25, 0.3) is 0 Å². The van der Waals surface area contributed by atoms with E-state index < -0.39 is 0 Å². The van der Waals surface area contributed by atoms with E-state index in [-0.39, 0.29) is 6.04 Å². The molecule has 1 heterocycles. The molecule has 1 aromatic carbocycles. The lowest BCUT2D eigenvalue weighted by Gasteiger charge is -2.22. The molecule has 0 bridgehead atoms. The summed E-state index contributed by atoms with van der Waals surface area (Å²) in [7, 11) is 2.02. The Balaban J connectivity index is 2.53. The first kappa shape index (κ1) is 13.8. The highest BCUT2D eigenvalue weighted by Crippen LogP contribution is 2.28. The summed E-state index contributed by atoms with van der Waals surface area (Å²) in [6.45, 7) is 6.54. The molecule has 0 aliphatic carbocycles. The Kier molecular flexibility index (Phi) is 4.33. The lowest BCUT2D eigenvalue weighted by molar-refractivity contribution is 0.677. The lowest BCUT2D eigenvalue weighted by atomic mass is 9.90. The summed E-state index contributed by atoms with van der Waals surface area (Å²) in [5.41, 5.74) is 6.69. The topological polar surface area (TPSA) is 24.9 Å². The molecular weight excluding hydrogens is 232 g/mol. The zero-order valence-electron chi connectivity index (χ0n) is 12.2. The Morgan fingerprint density at radius 3 is 2.63 bits per heavy atom. The highest BCUT2D eigenvalue weighted by atomic mass is 14.9. The molecule has 1 unspecified atom stereocenters. The van der Waals surface area contributed by atoms with Crippen LogP contribution in [0.4, 0.5) is 0 Å². The smallest absolute Gasteiger partial charge is 0.0580 e. The van der Waals surface area contributed by atoms with Crippen LogP contribution in [0.2, 0.25) is 0 Å². The number of benzene rings is 1. The Bertz CT molecular complexity index is 561. The number of rotatable bonds is 4. The van der Waals surface area contributed by atoms with Gasteiger partial charge in [-0.15, -0.1) is 0 Å². The van der Waals surface area contributed by atoms with E-state index in [2.05, 4.69) is 55.3 Å². The number of hydrogen-bond donors (Lipinski definition) is 1. The van der Waals surface area contributed by atoms with E-state index >= 15 is 0 Å². The first-order valence-electron chi connectivity index (χ1n) is 6.85. The van der Waals surface area contributed by atoms with Gasteiger partial charge in [-0.3, -0.25) is 4.98 Å². The van der Waals surface area contributed by atoms with Gasteiger partial charge in [0.2, 0.25) is 0 Å². The van der Waals surface area contributed by atoms with Crippen LogP contribution < -0.4 is 5.32 Å². The molecule has 2 aromatic rings. The maximum Gasteiger partial charge on any atom is 0.0580 e. The molecule has 2 rings (SSSR count). The fraction of sp³-hybridized carbons (Fsp3) is 0.353. The van der Waals surface area contributed by atoms with Gasteiger partial charge >= 0.3 is 0 Å². The number of nitrogens with zero attached hydrogens (tertiary/aromatic N) is 1. The molecule has 0 amide bonds. The van der Waals surface area contributed by atoms with Gasteiger partial charge in [-0.1, -0.05) is 25.1 Å². The first-order valence-corrected chi connectivity index (χ1v) is 6.85. The Labute approximate surface area is 115 Å². The quantitative estimate of drug-likeness (QED) is 0.902. The second kappa shape index (κ2) is 5.98. The van der Waals surface area contributed by atoms with Gasteiger partial charge in [0, 0.05) is 12.4 Å². The van der Waals surface area contributed by atoms with Crippen molar-refractivity contribution in [3.63, 3.8) is 0 Å². The van der Waals surface area contributed by atoms with E-state index in [4.69, 9.17) is 0 Å². The maximum absolute atomic E-state index is 4.24. The van der Waals surface area contributed by atoms with Crippen LogP contribution in [0.3, 0.4) is 0 Å². The van der Waals surface area contributed by atoms with E-state index in [1.165, 1.54) is 27.8 Å². The van der Waals surface area contributed by atoms with Crippen molar-refractivity contribution in [2.75, 3.05) is 7.05 Å². The lowest BCUT2D eigenvalue weighted by Crippen LogP contribution is -2.20. The summed E-state index contributed by atoms with van der Waals surface area (Å²) in [4.78, 5) is 4.24. The summed E-state index contributed by atoms with van der Waals surface area (Å²) in [6.07, 6.45) is 4.86. The second-order valence-electron chi connectivity index (χ2n) is 4.94. The molecule has 2 nitrogen and oxygen atoms in total. The highest BCUT2D eigenvalue weighted by molar-refractivity contribution is 5.42. The van der Waals surface area contributed by atoms with Gasteiger partial charge in [-0.2, -0.15) is 0 Å². The molecule has 100 valence electrons. The van der Waals surface area contributed by atoms with Gasteiger partial charge in [-0.05, 0) is 61.2 Å². The molecule has 0 aliphatic rings. The van der Waals surface area contributed by atoms with Crippen molar-refractivity contribution >= 4 is 0 Å². The monoisotopic (exact) mass is 254 g/mol. The van der Waals surface area contributed by atoms with Crippen molar-refractivity contribution in [3.05, 3.63) is 64.5 Å². The molecule has 0 spiro atoms. The van der Waals surface area contributed by atoms with E-state index in [1.807, 2.05) is 19.4 Å². The van der Waals surface area contributed by atoms with Crippen LogP contribution in [-0.2, 0) is 6.42 Å². The molecule has 19 heavy (non-hydrogen) atoms. The van der Waals surface area contributed by atoms with Gasteiger partial charge in [0.1, 0.15) is 0 Å². The number of nitrogens with one attached hydrogen (secondary N) is 1. The standard InChI is InChI=1S/C17H22N2/c1-5-14-11-19-10-9-16(14)17(18-4)15-8-6-7-12(2)13(15)3/h6-11,17-18H,5H2,1-4H3. The third-order valence-corrected chi connectivity index (χ3v) is 3.88. The van der Waals surface area contributed by atoms with Crippen LogP contribution in [0.1, 0.15) is 40.8 Å². The maximum atomic E-state index is 4.24. The zero-order chi connectivity index (χ0) is 13.8. The van der Waals surface area contributed by atoms with Crippen molar-refractivity contribution in [2.24, 2.45) is 0 Å². The third-order valence-electron chi connectivity index (χ3n) is 3.88. The molecule has 0 radical (unpaired) electrons. The Morgan fingerprint density at radius 1 is 1.16 bits per heavy atom. The predicted molar refractivity (Wildman–Crippen MR) is 80.4 cm³/mol. The van der Waals surface area contributed by atoms with E-state index in [1.54, 1.807) is 0 Å². The first-order chi connectivity index (χ1) is 9.19. The van der Waals surface area contributed by atoms with Crippen molar-refractivity contribution in [1.29, 1.82) is 0 Å². The van der Waals surface area contributed by atoms with Crippen molar-refractivity contribution < 1.29 is 0 Å². The number of hydrogen-bond acceptors (Lipinski definition) is 2. The summed E-state index contributed by atoms with van der Waals surface area (Å²) in [5.74, 6) is 0. The van der Waals surface area contributed by atoms with Gasteiger partial charge in [0.05, 0.1) is 6.04 Å². The highest BCUT2D eigenvalue weighted by Gasteiger charge is 2.17. The van der Waals surface area contributed by atoms with Crippen LogP contribution in [0.25, 0.3) is 0 Å². The van der Waals surface area contributed by atoms with Crippen molar-refractivity contribution in [3.8, 4) is 0 Å². The third kappa shape index (κ3) is 2.69. The Morgan fingerprint density at radius 2 is 1.95 bits per heavy atom. The predicted octanol–water partition coefficient (Wildman–Crippen LogP) is 3.57. The second-order valence-corrected chi connectivity index (χ2v) is 4.94. The minimum atomic E-state index is 0.234. The molecule has 0 aliphatic heterocycles. The minimum Gasteiger partial charge on any atom is -0.309 e. The molecule has 1 N–H and O–H groups in total. The molecule has 0 saturated carbocycles. The van der Waals surface area contributed by atoms with Crippen LogP contribution in [0.15, 0.2) is 36.7 Å². The number of pyridine rings is 1. The normalized spacial score (nSPS) is 12.4. The Hall–Kier alpha value is -1.67. The average Bonchev–Trinajstić information content (AvgIpc) is 2.45. The SMILES string of the molecule is CCc1cnccc1C(NC)c1cccc(C)c1C. The molecule has 2 heteroatoms. The van der Waals surface area contributed by atoms with Crippen LogP contribution in [0.5, 0.6) is 0 Å². The van der Waals surface area contributed by atoms with Crippen LogP contribution in [0, 0.1) is 13.8 Å². The zero-order valence-corrected chi connectivity index (χ0v) is 12.2. The van der Waals surface area contributed by atoms with Crippen molar-refractivity contribution in [1.82, 2.24) is 10.3 Å². The summed E-state index contributed by atoms with van der Waals surface area (Å²) >= 11 is 0. The molecule has 0 saturated heterocycles. The van der Waals surface area contributed by atoms with Crippen molar-refractivity contribution in [2.45, 2.75) is 33.2 Å². The largest absolute Gasteiger partial charge is 0.309 e. The fourth-order valence-corrected chi connectivity index (χ4v) is 2.58. The summed E-state index contributed by atoms with van der Waals surface area (Å²) < 4.78 is 0. The fourth-order valence-electron chi connectivity index (χ4n) is 2.58.